The Bertz CT molecular complexity index is 1180. The van der Waals surface area contributed by atoms with Gasteiger partial charge in [-0.2, -0.15) is 0 Å². The van der Waals surface area contributed by atoms with E-state index in [-0.39, 0.29) is 12.4 Å². The lowest BCUT2D eigenvalue weighted by atomic mass is 10.2. The van der Waals surface area contributed by atoms with Gasteiger partial charge in [0.1, 0.15) is 5.56 Å². The molecule has 0 unspecified atom stereocenters. The Balaban J connectivity index is 1.78. The maximum absolute atomic E-state index is 12.2. The van der Waals surface area contributed by atoms with E-state index >= 15 is 0 Å². The lowest BCUT2D eigenvalue weighted by molar-refractivity contribution is 0.174. The van der Waals surface area contributed by atoms with E-state index in [2.05, 4.69) is 9.98 Å². The van der Waals surface area contributed by atoms with E-state index in [1.54, 1.807) is 36.4 Å². The number of fused-ring (bicyclic) bond motifs is 1. The fraction of sp³-hybridized carbons (Fsp3) is 0.105. The molecule has 0 spiro atoms. The van der Waals surface area contributed by atoms with Gasteiger partial charge in [0.25, 0.3) is 5.56 Å². The first-order chi connectivity index (χ1) is 13.0. The molecule has 0 atom stereocenters. The molecule has 8 nitrogen and oxygen atoms in total. The molecular formula is C19H15N3O5. The van der Waals surface area contributed by atoms with Crippen molar-refractivity contribution in [2.75, 3.05) is 6.79 Å². The summed E-state index contributed by atoms with van der Waals surface area (Å²) in [7, 11) is 0. The van der Waals surface area contributed by atoms with Crippen LogP contribution in [0.3, 0.4) is 0 Å². The average Bonchev–Trinajstić information content (AvgIpc) is 3.09. The van der Waals surface area contributed by atoms with Gasteiger partial charge in [0.15, 0.2) is 11.5 Å². The van der Waals surface area contributed by atoms with Gasteiger partial charge < -0.3 is 14.6 Å². The van der Waals surface area contributed by atoms with E-state index < -0.39 is 17.1 Å². The quantitative estimate of drug-likeness (QED) is 0.691. The van der Waals surface area contributed by atoms with Crippen molar-refractivity contribution in [3.63, 3.8) is 0 Å². The van der Waals surface area contributed by atoms with Crippen LogP contribution in [0.15, 0.2) is 57.0 Å². The number of aliphatic imine (C=N–C) groups is 1. The first kappa shape index (κ1) is 16.6. The van der Waals surface area contributed by atoms with E-state index in [0.717, 1.165) is 10.1 Å². The normalized spacial score (nSPS) is 12.6. The first-order valence-corrected chi connectivity index (χ1v) is 8.12. The van der Waals surface area contributed by atoms with Gasteiger partial charge >= 0.3 is 5.69 Å². The number of aromatic nitrogens is 2. The zero-order chi connectivity index (χ0) is 19.0. The van der Waals surface area contributed by atoms with Gasteiger partial charge in [0.2, 0.25) is 12.7 Å². The fourth-order valence-corrected chi connectivity index (χ4v) is 2.77. The van der Waals surface area contributed by atoms with Crippen molar-refractivity contribution >= 4 is 11.9 Å². The van der Waals surface area contributed by atoms with Crippen molar-refractivity contribution in [3.8, 4) is 23.1 Å². The summed E-state index contributed by atoms with van der Waals surface area (Å²) in [5.74, 6) is 0.675. The molecule has 8 heteroatoms. The number of aromatic hydroxyl groups is 1. The number of aromatic amines is 1. The average molecular weight is 365 g/mol. The highest BCUT2D eigenvalue weighted by Crippen LogP contribution is 2.35. The van der Waals surface area contributed by atoms with Crippen molar-refractivity contribution in [2.24, 2.45) is 4.99 Å². The summed E-state index contributed by atoms with van der Waals surface area (Å²) in [6.45, 7) is 2.00. The highest BCUT2D eigenvalue weighted by atomic mass is 16.7. The maximum Gasteiger partial charge on any atom is 0.335 e. The summed E-state index contributed by atoms with van der Waals surface area (Å²) >= 11 is 0. The molecule has 1 aromatic heterocycles. The van der Waals surface area contributed by atoms with E-state index in [1.165, 1.54) is 6.21 Å². The molecule has 0 fully saturated rings. The van der Waals surface area contributed by atoms with E-state index in [4.69, 9.17) is 9.47 Å². The van der Waals surface area contributed by atoms with Crippen molar-refractivity contribution < 1.29 is 14.6 Å². The topological polar surface area (TPSA) is 106 Å². The van der Waals surface area contributed by atoms with Crippen molar-refractivity contribution in [2.45, 2.75) is 6.92 Å². The summed E-state index contributed by atoms with van der Waals surface area (Å²) in [5, 5.41) is 10.5. The highest BCUT2D eigenvalue weighted by Gasteiger charge is 2.15. The smallest absolute Gasteiger partial charge is 0.335 e. The third kappa shape index (κ3) is 3.08. The van der Waals surface area contributed by atoms with Crippen LogP contribution in [0.4, 0.5) is 5.69 Å². The minimum atomic E-state index is -0.733. The van der Waals surface area contributed by atoms with Crippen molar-refractivity contribution in [1.29, 1.82) is 0 Å². The van der Waals surface area contributed by atoms with Crippen molar-refractivity contribution in [3.05, 3.63) is 74.4 Å². The summed E-state index contributed by atoms with van der Waals surface area (Å²) in [6.07, 6.45) is 1.21. The molecule has 0 bridgehead atoms. The summed E-state index contributed by atoms with van der Waals surface area (Å²) in [4.78, 5) is 30.8. The third-order valence-corrected chi connectivity index (χ3v) is 4.08. The van der Waals surface area contributed by atoms with Gasteiger partial charge in [-0.25, -0.2) is 9.36 Å². The first-order valence-electron chi connectivity index (χ1n) is 8.12. The van der Waals surface area contributed by atoms with Gasteiger partial charge in [0.05, 0.1) is 11.4 Å². The molecule has 3 aromatic rings. The Labute approximate surface area is 153 Å². The van der Waals surface area contributed by atoms with Crippen molar-refractivity contribution in [1.82, 2.24) is 9.55 Å². The van der Waals surface area contributed by atoms with Crippen LogP contribution in [0, 0.1) is 6.92 Å². The number of H-pyrrole nitrogens is 1. The SMILES string of the molecule is Cc1cccc(-n2c(O)c(C=Nc3ccc4c(c3)OCO4)c(=O)[nH]c2=O)c1. The number of rotatable bonds is 3. The van der Waals surface area contributed by atoms with Crippen LogP contribution in [-0.4, -0.2) is 27.7 Å². The Morgan fingerprint density at radius 1 is 1.15 bits per heavy atom. The number of aryl methyl sites for hydroxylation is 1. The molecule has 0 saturated carbocycles. The molecule has 136 valence electrons. The predicted molar refractivity (Wildman–Crippen MR) is 98.9 cm³/mol. The summed E-state index contributed by atoms with van der Waals surface area (Å²) < 4.78 is 11.5. The minimum Gasteiger partial charge on any atom is -0.493 e. The minimum absolute atomic E-state index is 0.131. The Kier molecular flexibility index (Phi) is 4.00. The van der Waals surface area contributed by atoms with Crippen LogP contribution >= 0.6 is 0 Å². The molecule has 2 heterocycles. The third-order valence-electron chi connectivity index (χ3n) is 4.08. The van der Waals surface area contributed by atoms with Gasteiger partial charge in [-0.1, -0.05) is 12.1 Å². The van der Waals surface area contributed by atoms with Crippen LogP contribution in [-0.2, 0) is 0 Å². The van der Waals surface area contributed by atoms with Gasteiger partial charge in [0, 0.05) is 12.3 Å². The zero-order valence-corrected chi connectivity index (χ0v) is 14.3. The number of benzene rings is 2. The van der Waals surface area contributed by atoms with Gasteiger partial charge in [-0.3, -0.25) is 14.8 Å². The molecular weight excluding hydrogens is 350 g/mol. The number of hydrogen-bond donors (Lipinski definition) is 2. The molecule has 0 aliphatic carbocycles. The fourth-order valence-electron chi connectivity index (χ4n) is 2.77. The maximum atomic E-state index is 12.2. The Hall–Kier alpha value is -3.81. The predicted octanol–water partition coefficient (Wildman–Crippen LogP) is 2.02. The second-order valence-electron chi connectivity index (χ2n) is 5.97. The molecule has 4 rings (SSSR count). The monoisotopic (exact) mass is 365 g/mol. The largest absolute Gasteiger partial charge is 0.493 e. The number of nitrogens with zero attached hydrogens (tertiary/aromatic N) is 2. The van der Waals surface area contributed by atoms with Gasteiger partial charge in [-0.05, 0) is 36.8 Å². The number of nitrogens with one attached hydrogen (secondary N) is 1. The Morgan fingerprint density at radius 3 is 2.78 bits per heavy atom. The van der Waals surface area contributed by atoms with Crippen LogP contribution in [0.1, 0.15) is 11.1 Å². The molecule has 0 amide bonds. The van der Waals surface area contributed by atoms with E-state index in [0.29, 0.717) is 22.9 Å². The lowest BCUT2D eigenvalue weighted by Gasteiger charge is -2.10. The molecule has 1 aliphatic rings. The molecule has 0 radical (unpaired) electrons. The second-order valence-corrected chi connectivity index (χ2v) is 5.97. The number of ether oxygens (including phenoxy) is 2. The van der Waals surface area contributed by atoms with E-state index in [9.17, 15) is 14.7 Å². The molecule has 1 aliphatic heterocycles. The van der Waals surface area contributed by atoms with Crippen LogP contribution in [0.25, 0.3) is 5.69 Å². The molecule has 2 aromatic carbocycles. The Morgan fingerprint density at radius 2 is 1.96 bits per heavy atom. The highest BCUT2D eigenvalue weighted by molar-refractivity contribution is 5.84. The second kappa shape index (κ2) is 6.49. The summed E-state index contributed by atoms with van der Waals surface area (Å²) in [6, 6.07) is 12.0. The molecule has 0 saturated heterocycles. The summed E-state index contributed by atoms with van der Waals surface area (Å²) in [5.41, 5.74) is 0.251. The number of hydrogen-bond acceptors (Lipinski definition) is 6. The van der Waals surface area contributed by atoms with Crippen LogP contribution in [0.2, 0.25) is 0 Å². The standard InChI is InChI=1S/C19H15N3O5/c1-11-3-2-4-13(7-11)22-18(24)14(17(23)21-19(22)25)9-20-12-5-6-15-16(8-12)27-10-26-15/h2-9,24H,10H2,1H3,(H,21,23,25). The van der Waals surface area contributed by atoms with E-state index in [1.807, 2.05) is 13.0 Å². The zero-order valence-electron chi connectivity index (χ0n) is 14.3. The molecule has 27 heavy (non-hydrogen) atoms. The van der Waals surface area contributed by atoms with Crippen LogP contribution < -0.4 is 20.7 Å². The molecule has 2 N–H and O–H groups in total. The lowest BCUT2D eigenvalue weighted by Crippen LogP contribution is -2.31. The van der Waals surface area contributed by atoms with Gasteiger partial charge in [-0.15, -0.1) is 0 Å². The van der Waals surface area contributed by atoms with Crippen LogP contribution in [0.5, 0.6) is 17.4 Å².